The zero-order chi connectivity index (χ0) is 11.7. The van der Waals surface area contributed by atoms with Gasteiger partial charge >= 0.3 is 0 Å². The second-order valence-corrected chi connectivity index (χ2v) is 5.23. The Bertz CT molecular complexity index is 402. The van der Waals surface area contributed by atoms with E-state index in [1.165, 1.54) is 30.4 Å². The fraction of sp³-hybridized carbons (Fsp3) is 0.600. The number of rotatable bonds is 3. The molecule has 1 N–H and O–H groups in total. The number of hydrogen-bond acceptors (Lipinski definition) is 2. The first-order valence-electron chi connectivity index (χ1n) is 6.86. The van der Waals surface area contributed by atoms with E-state index in [0.29, 0.717) is 0 Å². The van der Waals surface area contributed by atoms with Crippen LogP contribution in [0.5, 0.6) is 5.75 Å². The smallest absolute Gasteiger partial charge is 0.122 e. The summed E-state index contributed by atoms with van der Waals surface area (Å²) in [5, 5.41) is 3.57. The van der Waals surface area contributed by atoms with Crippen LogP contribution in [0.3, 0.4) is 0 Å². The maximum atomic E-state index is 5.56. The van der Waals surface area contributed by atoms with E-state index in [2.05, 4.69) is 30.4 Å². The molecule has 1 aliphatic heterocycles. The van der Waals surface area contributed by atoms with Gasteiger partial charge in [-0.1, -0.05) is 19.1 Å². The molecule has 1 aromatic rings. The highest BCUT2D eigenvalue weighted by atomic mass is 16.5. The molecule has 2 unspecified atom stereocenters. The highest BCUT2D eigenvalue weighted by Crippen LogP contribution is 2.37. The van der Waals surface area contributed by atoms with E-state index in [1.54, 1.807) is 0 Å². The molecule has 0 aromatic heterocycles. The fourth-order valence-corrected chi connectivity index (χ4v) is 3.22. The van der Waals surface area contributed by atoms with Crippen LogP contribution in [0.25, 0.3) is 0 Å². The largest absolute Gasteiger partial charge is 0.493 e. The first-order chi connectivity index (χ1) is 8.36. The Labute approximate surface area is 103 Å². The molecule has 2 aliphatic rings. The summed E-state index contributed by atoms with van der Waals surface area (Å²) in [7, 11) is 0. The first kappa shape index (κ1) is 11.1. The molecule has 1 aliphatic carbocycles. The van der Waals surface area contributed by atoms with Gasteiger partial charge in [-0.25, -0.2) is 0 Å². The van der Waals surface area contributed by atoms with Crippen molar-refractivity contribution in [3.63, 3.8) is 0 Å². The van der Waals surface area contributed by atoms with Gasteiger partial charge in [0.25, 0.3) is 0 Å². The lowest BCUT2D eigenvalue weighted by Gasteiger charge is -2.13. The minimum atomic E-state index is 0.731. The second kappa shape index (κ2) is 4.69. The molecule has 3 rings (SSSR count). The third-order valence-electron chi connectivity index (χ3n) is 4.11. The summed E-state index contributed by atoms with van der Waals surface area (Å²) in [4.78, 5) is 0. The van der Waals surface area contributed by atoms with Gasteiger partial charge in [0.15, 0.2) is 0 Å². The molecule has 1 aromatic carbocycles. The van der Waals surface area contributed by atoms with Crippen LogP contribution in [-0.2, 0) is 6.42 Å². The average molecular weight is 231 g/mol. The van der Waals surface area contributed by atoms with Crippen LogP contribution < -0.4 is 10.1 Å². The molecule has 0 saturated heterocycles. The van der Waals surface area contributed by atoms with Crippen LogP contribution in [0.15, 0.2) is 18.2 Å². The summed E-state index contributed by atoms with van der Waals surface area (Å²) >= 11 is 0. The van der Waals surface area contributed by atoms with E-state index in [1.807, 2.05) is 0 Å². The van der Waals surface area contributed by atoms with E-state index in [-0.39, 0.29) is 0 Å². The zero-order valence-corrected chi connectivity index (χ0v) is 10.5. The SMILES string of the molecule is CCNC1CCC(c2ccc3c(c2)CCO3)C1. The van der Waals surface area contributed by atoms with Gasteiger partial charge in [-0.15, -0.1) is 0 Å². The Balaban J connectivity index is 1.73. The van der Waals surface area contributed by atoms with Crippen LogP contribution in [0, 0.1) is 0 Å². The lowest BCUT2D eigenvalue weighted by Crippen LogP contribution is -2.25. The minimum absolute atomic E-state index is 0.731. The first-order valence-corrected chi connectivity index (χ1v) is 6.86. The highest BCUT2D eigenvalue weighted by molar-refractivity contribution is 5.41. The van der Waals surface area contributed by atoms with Crippen LogP contribution in [0.1, 0.15) is 43.2 Å². The van der Waals surface area contributed by atoms with Crippen molar-refractivity contribution >= 4 is 0 Å². The Hall–Kier alpha value is -1.02. The summed E-state index contributed by atoms with van der Waals surface area (Å²) in [6.45, 7) is 4.15. The van der Waals surface area contributed by atoms with Gasteiger partial charge in [0.1, 0.15) is 5.75 Å². The predicted molar refractivity (Wildman–Crippen MR) is 69.7 cm³/mol. The van der Waals surface area contributed by atoms with E-state index >= 15 is 0 Å². The number of nitrogens with one attached hydrogen (secondary N) is 1. The molecule has 0 bridgehead atoms. The highest BCUT2D eigenvalue weighted by Gasteiger charge is 2.26. The van der Waals surface area contributed by atoms with Gasteiger partial charge in [0.2, 0.25) is 0 Å². The summed E-state index contributed by atoms with van der Waals surface area (Å²) in [6.07, 6.45) is 5.05. The number of benzene rings is 1. The lowest BCUT2D eigenvalue weighted by molar-refractivity contribution is 0.357. The molecule has 2 atom stereocenters. The van der Waals surface area contributed by atoms with Gasteiger partial charge in [0, 0.05) is 12.5 Å². The standard InChI is InChI=1S/C15H21NO/c1-2-16-14-5-3-12(10-14)11-4-6-15-13(9-11)7-8-17-15/h4,6,9,12,14,16H,2-3,5,7-8,10H2,1H3. The normalized spacial score (nSPS) is 26.9. The molecule has 17 heavy (non-hydrogen) atoms. The van der Waals surface area contributed by atoms with Crippen molar-refractivity contribution in [3.05, 3.63) is 29.3 Å². The maximum absolute atomic E-state index is 5.56. The molecule has 1 heterocycles. The van der Waals surface area contributed by atoms with Gasteiger partial charge in [-0.3, -0.25) is 0 Å². The molecule has 0 radical (unpaired) electrons. The molecule has 1 fully saturated rings. The molecule has 2 nitrogen and oxygen atoms in total. The van der Waals surface area contributed by atoms with Crippen molar-refractivity contribution in [2.24, 2.45) is 0 Å². The average Bonchev–Trinajstić information content (AvgIpc) is 2.96. The van der Waals surface area contributed by atoms with Crippen LogP contribution in [0.2, 0.25) is 0 Å². The van der Waals surface area contributed by atoms with Crippen molar-refractivity contribution in [1.82, 2.24) is 5.32 Å². The molecule has 2 heteroatoms. The van der Waals surface area contributed by atoms with Gasteiger partial charge < -0.3 is 10.1 Å². The molecule has 92 valence electrons. The topological polar surface area (TPSA) is 21.3 Å². The quantitative estimate of drug-likeness (QED) is 0.863. The molecule has 1 saturated carbocycles. The summed E-state index contributed by atoms with van der Waals surface area (Å²) in [5.74, 6) is 1.86. The van der Waals surface area contributed by atoms with Crippen LogP contribution >= 0.6 is 0 Å². The fourth-order valence-electron chi connectivity index (χ4n) is 3.22. The van der Waals surface area contributed by atoms with Gasteiger partial charge in [0.05, 0.1) is 6.61 Å². The van der Waals surface area contributed by atoms with E-state index < -0.39 is 0 Å². The summed E-state index contributed by atoms with van der Waals surface area (Å²) in [6, 6.07) is 7.54. The molecule has 0 spiro atoms. The van der Waals surface area contributed by atoms with Crippen molar-refractivity contribution in [2.75, 3.05) is 13.2 Å². The summed E-state index contributed by atoms with van der Waals surface area (Å²) in [5.41, 5.74) is 2.93. The Kier molecular flexibility index (Phi) is 3.06. The number of hydrogen-bond donors (Lipinski definition) is 1. The molecular formula is C15H21NO. The number of ether oxygens (including phenoxy) is 1. The van der Waals surface area contributed by atoms with Gasteiger partial charge in [-0.2, -0.15) is 0 Å². The third-order valence-corrected chi connectivity index (χ3v) is 4.11. The van der Waals surface area contributed by atoms with Gasteiger partial charge in [-0.05, 0) is 48.9 Å². The van der Waals surface area contributed by atoms with Crippen LogP contribution in [0.4, 0.5) is 0 Å². The van der Waals surface area contributed by atoms with E-state index in [0.717, 1.165) is 37.3 Å². The molecular weight excluding hydrogens is 210 g/mol. The van der Waals surface area contributed by atoms with Crippen molar-refractivity contribution in [1.29, 1.82) is 0 Å². The lowest BCUT2D eigenvalue weighted by atomic mass is 9.95. The number of fused-ring (bicyclic) bond motifs is 1. The summed E-state index contributed by atoms with van der Waals surface area (Å²) < 4.78 is 5.56. The van der Waals surface area contributed by atoms with E-state index in [4.69, 9.17) is 4.74 Å². The van der Waals surface area contributed by atoms with Crippen molar-refractivity contribution < 1.29 is 4.74 Å². The Morgan fingerprint density at radius 3 is 3.18 bits per heavy atom. The minimum Gasteiger partial charge on any atom is -0.493 e. The second-order valence-electron chi connectivity index (χ2n) is 5.23. The predicted octanol–water partition coefficient (Wildman–Crippen LogP) is 2.87. The third kappa shape index (κ3) is 2.19. The van der Waals surface area contributed by atoms with Crippen molar-refractivity contribution in [2.45, 2.75) is 44.6 Å². The Morgan fingerprint density at radius 2 is 2.29 bits per heavy atom. The zero-order valence-electron chi connectivity index (χ0n) is 10.5. The van der Waals surface area contributed by atoms with E-state index in [9.17, 15) is 0 Å². The Morgan fingerprint density at radius 1 is 1.35 bits per heavy atom. The van der Waals surface area contributed by atoms with Crippen LogP contribution in [-0.4, -0.2) is 19.2 Å². The van der Waals surface area contributed by atoms with Crippen molar-refractivity contribution in [3.8, 4) is 5.75 Å². The molecule has 0 amide bonds. The maximum Gasteiger partial charge on any atom is 0.122 e. The monoisotopic (exact) mass is 231 g/mol.